The summed E-state index contributed by atoms with van der Waals surface area (Å²) >= 11 is 1.63. The molecule has 0 saturated heterocycles. The molecule has 1 heterocycles. The summed E-state index contributed by atoms with van der Waals surface area (Å²) in [6, 6.07) is 1.31. The minimum atomic E-state index is -4.81. The van der Waals surface area contributed by atoms with Crippen LogP contribution in [0.2, 0.25) is 0 Å². The maximum Gasteiger partial charge on any atom is 0.574 e. The third-order valence-corrected chi connectivity index (χ3v) is 2.33. The molecule has 0 unspecified atom stereocenters. The number of hydrogen-bond acceptors (Lipinski definition) is 4. The Morgan fingerprint density at radius 3 is 2.50 bits per heavy atom. The van der Waals surface area contributed by atoms with Gasteiger partial charge in [0.2, 0.25) is 11.8 Å². The average molecular weight is 349 g/mol. The Morgan fingerprint density at radius 1 is 1.44 bits per heavy atom. The van der Waals surface area contributed by atoms with Crippen LogP contribution < -0.4 is 9.47 Å². The number of alkyl halides is 3. The van der Waals surface area contributed by atoms with Crippen LogP contribution in [0.3, 0.4) is 0 Å². The van der Waals surface area contributed by atoms with E-state index in [1.165, 1.54) is 13.2 Å². The first-order chi connectivity index (χ1) is 7.37. The molecular formula is C8H7F3INO3. The molecule has 0 aliphatic carbocycles. The van der Waals surface area contributed by atoms with Gasteiger partial charge in [0, 0.05) is 5.56 Å². The van der Waals surface area contributed by atoms with Crippen molar-refractivity contribution in [2.45, 2.75) is 13.0 Å². The van der Waals surface area contributed by atoms with Crippen molar-refractivity contribution in [2.24, 2.45) is 0 Å². The van der Waals surface area contributed by atoms with E-state index in [0.717, 1.165) is 0 Å². The third kappa shape index (κ3) is 3.37. The van der Waals surface area contributed by atoms with Gasteiger partial charge < -0.3 is 14.6 Å². The number of aliphatic hydroxyl groups excluding tert-OH is 1. The predicted octanol–water partition coefficient (Wildman–Crippen LogP) is 2.09. The van der Waals surface area contributed by atoms with Crippen molar-refractivity contribution in [3.05, 3.63) is 15.2 Å². The lowest BCUT2D eigenvalue weighted by atomic mass is 10.3. The molecule has 1 aromatic rings. The van der Waals surface area contributed by atoms with Gasteiger partial charge in [0.1, 0.15) is 0 Å². The number of aromatic nitrogens is 1. The van der Waals surface area contributed by atoms with Crippen LogP contribution in [0.1, 0.15) is 5.56 Å². The Kier molecular flexibility index (Phi) is 4.19. The number of methoxy groups -OCH3 is 1. The highest BCUT2D eigenvalue weighted by Gasteiger charge is 2.33. The Labute approximate surface area is 103 Å². The SMILES string of the molecule is COc1nc(OC(F)(F)F)c(I)cc1CO. The van der Waals surface area contributed by atoms with Crippen molar-refractivity contribution in [3.63, 3.8) is 0 Å². The molecular weight excluding hydrogens is 342 g/mol. The Balaban J connectivity index is 3.11. The molecule has 0 bridgehead atoms. The summed E-state index contributed by atoms with van der Waals surface area (Å²) in [6.07, 6.45) is -4.81. The zero-order chi connectivity index (χ0) is 12.3. The predicted molar refractivity (Wildman–Crippen MR) is 56.1 cm³/mol. The smallest absolute Gasteiger partial charge is 0.481 e. The molecule has 0 fully saturated rings. The molecule has 0 aliphatic rings. The van der Waals surface area contributed by atoms with Gasteiger partial charge in [-0.3, -0.25) is 0 Å². The Bertz CT molecular complexity index is 384. The lowest BCUT2D eigenvalue weighted by Crippen LogP contribution is -2.19. The van der Waals surface area contributed by atoms with Crippen molar-refractivity contribution in [3.8, 4) is 11.8 Å². The summed E-state index contributed by atoms with van der Waals surface area (Å²) in [7, 11) is 1.24. The van der Waals surface area contributed by atoms with Gasteiger partial charge in [-0.05, 0) is 28.7 Å². The first-order valence-electron chi connectivity index (χ1n) is 3.97. The summed E-state index contributed by atoms with van der Waals surface area (Å²) < 4.78 is 44.5. The van der Waals surface area contributed by atoms with Gasteiger partial charge in [0.25, 0.3) is 0 Å². The van der Waals surface area contributed by atoms with Crippen molar-refractivity contribution in [2.75, 3.05) is 7.11 Å². The molecule has 0 atom stereocenters. The van der Waals surface area contributed by atoms with E-state index < -0.39 is 12.2 Å². The number of pyridine rings is 1. The van der Waals surface area contributed by atoms with E-state index in [1.54, 1.807) is 22.6 Å². The van der Waals surface area contributed by atoms with Gasteiger partial charge in [-0.1, -0.05) is 0 Å². The van der Waals surface area contributed by atoms with Crippen LogP contribution in [0, 0.1) is 3.57 Å². The zero-order valence-corrected chi connectivity index (χ0v) is 10.2. The third-order valence-electron chi connectivity index (χ3n) is 1.56. The minimum absolute atomic E-state index is 0.0952. The lowest BCUT2D eigenvalue weighted by molar-refractivity contribution is -0.276. The Morgan fingerprint density at radius 2 is 2.06 bits per heavy atom. The second kappa shape index (κ2) is 5.04. The van der Waals surface area contributed by atoms with Crippen molar-refractivity contribution in [1.82, 2.24) is 4.98 Å². The lowest BCUT2D eigenvalue weighted by Gasteiger charge is -2.12. The fourth-order valence-electron chi connectivity index (χ4n) is 0.965. The first-order valence-corrected chi connectivity index (χ1v) is 5.05. The van der Waals surface area contributed by atoms with Crippen LogP contribution in [0.15, 0.2) is 6.07 Å². The largest absolute Gasteiger partial charge is 0.574 e. The molecule has 0 amide bonds. The number of ether oxygens (including phenoxy) is 2. The van der Waals surface area contributed by atoms with Gasteiger partial charge in [0.05, 0.1) is 17.3 Å². The summed E-state index contributed by atoms with van der Waals surface area (Å²) in [6.45, 7) is -0.377. The zero-order valence-electron chi connectivity index (χ0n) is 8.01. The summed E-state index contributed by atoms with van der Waals surface area (Å²) in [5.74, 6) is -0.690. The minimum Gasteiger partial charge on any atom is -0.481 e. The normalized spacial score (nSPS) is 11.4. The molecule has 1 rings (SSSR count). The fourth-order valence-corrected chi connectivity index (χ4v) is 1.57. The fraction of sp³-hybridized carbons (Fsp3) is 0.375. The molecule has 8 heteroatoms. The van der Waals surface area contributed by atoms with Crippen molar-refractivity contribution in [1.29, 1.82) is 0 Å². The number of halogens is 4. The molecule has 90 valence electrons. The molecule has 0 aliphatic heterocycles. The number of rotatable bonds is 3. The van der Waals surface area contributed by atoms with E-state index in [0.29, 0.717) is 5.56 Å². The second-order valence-corrected chi connectivity index (χ2v) is 3.81. The molecule has 16 heavy (non-hydrogen) atoms. The van der Waals surface area contributed by atoms with Gasteiger partial charge in [-0.15, -0.1) is 13.2 Å². The maximum absolute atomic E-state index is 12.0. The van der Waals surface area contributed by atoms with Crippen LogP contribution in [0.4, 0.5) is 13.2 Å². The summed E-state index contributed by atoms with van der Waals surface area (Å²) in [5.41, 5.74) is 0.293. The van der Waals surface area contributed by atoms with Crippen LogP contribution in [-0.2, 0) is 6.61 Å². The van der Waals surface area contributed by atoms with E-state index >= 15 is 0 Å². The van der Waals surface area contributed by atoms with Crippen molar-refractivity contribution < 1.29 is 27.8 Å². The quantitative estimate of drug-likeness (QED) is 0.850. The molecule has 0 aromatic carbocycles. The summed E-state index contributed by atoms with van der Waals surface area (Å²) in [5, 5.41) is 8.91. The number of hydrogen-bond donors (Lipinski definition) is 1. The maximum atomic E-state index is 12.0. The summed E-state index contributed by atoms with van der Waals surface area (Å²) in [4.78, 5) is 3.51. The second-order valence-electron chi connectivity index (χ2n) is 2.65. The first kappa shape index (κ1) is 13.3. The number of aliphatic hydroxyl groups is 1. The highest BCUT2D eigenvalue weighted by Crippen LogP contribution is 2.30. The highest BCUT2D eigenvalue weighted by molar-refractivity contribution is 14.1. The van der Waals surface area contributed by atoms with Gasteiger partial charge in [-0.2, -0.15) is 4.98 Å². The van der Waals surface area contributed by atoms with Gasteiger partial charge in [0.15, 0.2) is 0 Å². The number of nitrogens with zero attached hydrogens (tertiary/aromatic N) is 1. The topological polar surface area (TPSA) is 51.6 Å². The molecule has 0 radical (unpaired) electrons. The highest BCUT2D eigenvalue weighted by atomic mass is 127. The molecule has 0 saturated carbocycles. The standard InChI is InChI=1S/C8H7F3INO3/c1-15-6-4(3-14)2-5(12)7(13-6)16-8(9,10)11/h2,14H,3H2,1H3. The van der Waals surface area contributed by atoms with E-state index in [1.807, 2.05) is 0 Å². The van der Waals surface area contributed by atoms with E-state index in [4.69, 9.17) is 9.84 Å². The van der Waals surface area contributed by atoms with Crippen LogP contribution in [0.25, 0.3) is 0 Å². The molecule has 1 aromatic heterocycles. The van der Waals surface area contributed by atoms with Crippen LogP contribution in [0.5, 0.6) is 11.8 Å². The van der Waals surface area contributed by atoms with E-state index in [9.17, 15) is 13.2 Å². The van der Waals surface area contributed by atoms with E-state index in [2.05, 4.69) is 9.72 Å². The molecule has 1 N–H and O–H groups in total. The van der Waals surface area contributed by atoms with Crippen LogP contribution in [-0.4, -0.2) is 23.6 Å². The molecule has 4 nitrogen and oxygen atoms in total. The Hall–Kier alpha value is -0.770. The van der Waals surface area contributed by atoms with Crippen LogP contribution >= 0.6 is 22.6 Å². The van der Waals surface area contributed by atoms with Gasteiger partial charge >= 0.3 is 6.36 Å². The monoisotopic (exact) mass is 349 g/mol. The van der Waals surface area contributed by atoms with Crippen molar-refractivity contribution >= 4 is 22.6 Å². The van der Waals surface area contributed by atoms with Gasteiger partial charge in [-0.25, -0.2) is 0 Å². The van der Waals surface area contributed by atoms with E-state index in [-0.39, 0.29) is 16.1 Å². The molecule has 0 spiro atoms. The average Bonchev–Trinajstić information content (AvgIpc) is 2.18.